The number of rotatable bonds is 2. The Bertz CT molecular complexity index is 439. The number of ether oxygens (including phenoxy) is 1. The second-order valence-corrected chi connectivity index (χ2v) is 4.41. The van der Waals surface area contributed by atoms with Crippen LogP contribution in [0.5, 0.6) is 0 Å². The molecule has 18 heavy (non-hydrogen) atoms. The SMILES string of the molecule is CC(N)C1CN(C(=O)c2cncc(F)c2)CCO1. The highest BCUT2D eigenvalue weighted by atomic mass is 19.1. The van der Waals surface area contributed by atoms with Gasteiger partial charge in [-0.15, -0.1) is 0 Å². The van der Waals surface area contributed by atoms with E-state index < -0.39 is 5.82 Å². The van der Waals surface area contributed by atoms with E-state index >= 15 is 0 Å². The third kappa shape index (κ3) is 2.83. The molecule has 98 valence electrons. The first-order valence-electron chi connectivity index (χ1n) is 5.85. The van der Waals surface area contributed by atoms with Crippen LogP contribution in [-0.2, 0) is 4.74 Å². The molecular weight excluding hydrogens is 237 g/mol. The Hall–Kier alpha value is -1.53. The second-order valence-electron chi connectivity index (χ2n) is 4.41. The lowest BCUT2D eigenvalue weighted by atomic mass is 10.1. The largest absolute Gasteiger partial charge is 0.373 e. The van der Waals surface area contributed by atoms with Gasteiger partial charge < -0.3 is 15.4 Å². The quantitative estimate of drug-likeness (QED) is 0.829. The van der Waals surface area contributed by atoms with Crippen LogP contribution in [-0.4, -0.2) is 47.6 Å². The molecule has 2 N–H and O–H groups in total. The fraction of sp³-hybridized carbons (Fsp3) is 0.500. The summed E-state index contributed by atoms with van der Waals surface area (Å²) in [6, 6.07) is 1.04. The third-order valence-corrected chi connectivity index (χ3v) is 2.92. The number of pyridine rings is 1. The van der Waals surface area contributed by atoms with E-state index in [0.717, 1.165) is 6.20 Å². The molecule has 2 unspecified atom stereocenters. The number of nitrogens with zero attached hydrogens (tertiary/aromatic N) is 2. The number of hydrogen-bond donors (Lipinski definition) is 1. The van der Waals surface area contributed by atoms with Crippen LogP contribution in [0, 0.1) is 5.82 Å². The number of halogens is 1. The molecule has 0 aromatic carbocycles. The van der Waals surface area contributed by atoms with Crippen molar-refractivity contribution in [2.24, 2.45) is 5.73 Å². The molecule has 0 saturated carbocycles. The number of hydrogen-bond acceptors (Lipinski definition) is 4. The fourth-order valence-corrected chi connectivity index (χ4v) is 1.89. The molecule has 0 radical (unpaired) electrons. The predicted octanol–water partition coefficient (Wildman–Crippen LogP) is 0.409. The third-order valence-electron chi connectivity index (χ3n) is 2.92. The van der Waals surface area contributed by atoms with Crippen molar-refractivity contribution in [2.45, 2.75) is 19.1 Å². The standard InChI is InChI=1S/C12H16FN3O2/c1-8(14)11-7-16(2-3-18-11)12(17)9-4-10(13)6-15-5-9/h4-6,8,11H,2-3,7,14H2,1H3. The molecule has 5 nitrogen and oxygen atoms in total. The van der Waals surface area contributed by atoms with Crippen molar-refractivity contribution in [3.05, 3.63) is 29.8 Å². The normalized spacial score (nSPS) is 21.7. The molecule has 0 aliphatic carbocycles. The van der Waals surface area contributed by atoms with Crippen molar-refractivity contribution < 1.29 is 13.9 Å². The van der Waals surface area contributed by atoms with E-state index in [0.29, 0.717) is 19.7 Å². The van der Waals surface area contributed by atoms with Crippen molar-refractivity contribution in [3.63, 3.8) is 0 Å². The summed E-state index contributed by atoms with van der Waals surface area (Å²) < 4.78 is 18.5. The van der Waals surface area contributed by atoms with Gasteiger partial charge in [0, 0.05) is 25.3 Å². The van der Waals surface area contributed by atoms with Gasteiger partial charge in [0.25, 0.3) is 5.91 Å². The highest BCUT2D eigenvalue weighted by Gasteiger charge is 2.27. The molecule has 0 bridgehead atoms. The van der Waals surface area contributed by atoms with Crippen LogP contribution in [0.2, 0.25) is 0 Å². The average Bonchev–Trinajstić information content (AvgIpc) is 2.38. The Morgan fingerprint density at radius 2 is 2.44 bits per heavy atom. The summed E-state index contributed by atoms with van der Waals surface area (Å²) in [5.74, 6) is -0.756. The van der Waals surface area contributed by atoms with Crippen LogP contribution in [0.3, 0.4) is 0 Å². The molecule has 0 spiro atoms. The van der Waals surface area contributed by atoms with Gasteiger partial charge in [0.1, 0.15) is 5.82 Å². The van der Waals surface area contributed by atoms with Gasteiger partial charge in [0.05, 0.1) is 24.5 Å². The van der Waals surface area contributed by atoms with Crippen molar-refractivity contribution in [2.75, 3.05) is 19.7 Å². The van der Waals surface area contributed by atoms with Gasteiger partial charge in [-0.25, -0.2) is 4.39 Å². The number of amides is 1. The number of aromatic nitrogens is 1. The summed E-state index contributed by atoms with van der Waals surface area (Å²) in [5.41, 5.74) is 6.01. The van der Waals surface area contributed by atoms with E-state index in [1.807, 2.05) is 6.92 Å². The van der Waals surface area contributed by atoms with Gasteiger partial charge in [-0.2, -0.15) is 0 Å². The second kappa shape index (κ2) is 5.41. The number of carbonyl (C=O) groups is 1. The van der Waals surface area contributed by atoms with Gasteiger partial charge in [-0.1, -0.05) is 0 Å². The van der Waals surface area contributed by atoms with Crippen molar-refractivity contribution in [1.29, 1.82) is 0 Å². The minimum Gasteiger partial charge on any atom is -0.373 e. The van der Waals surface area contributed by atoms with E-state index in [9.17, 15) is 9.18 Å². The van der Waals surface area contributed by atoms with Gasteiger partial charge in [-0.3, -0.25) is 9.78 Å². The Kier molecular flexibility index (Phi) is 3.88. The van der Waals surface area contributed by atoms with Crippen LogP contribution in [0.15, 0.2) is 18.5 Å². The predicted molar refractivity (Wildman–Crippen MR) is 63.5 cm³/mol. The lowest BCUT2D eigenvalue weighted by Crippen LogP contribution is -2.51. The zero-order valence-corrected chi connectivity index (χ0v) is 10.2. The van der Waals surface area contributed by atoms with E-state index in [1.165, 1.54) is 12.3 Å². The zero-order chi connectivity index (χ0) is 13.1. The Morgan fingerprint density at radius 3 is 3.11 bits per heavy atom. The molecule has 6 heteroatoms. The monoisotopic (exact) mass is 253 g/mol. The molecular formula is C12H16FN3O2. The maximum atomic E-state index is 13.0. The molecule has 1 aliphatic heterocycles. The maximum absolute atomic E-state index is 13.0. The molecule has 2 heterocycles. The molecule has 1 aromatic heterocycles. The smallest absolute Gasteiger partial charge is 0.255 e. The lowest BCUT2D eigenvalue weighted by Gasteiger charge is -2.34. The zero-order valence-electron chi connectivity index (χ0n) is 10.2. The maximum Gasteiger partial charge on any atom is 0.255 e. The van der Waals surface area contributed by atoms with Crippen LogP contribution >= 0.6 is 0 Å². The summed E-state index contributed by atoms with van der Waals surface area (Å²) in [7, 11) is 0. The molecule has 2 atom stereocenters. The first-order chi connectivity index (χ1) is 8.58. The highest BCUT2D eigenvalue weighted by Crippen LogP contribution is 2.12. The van der Waals surface area contributed by atoms with E-state index in [2.05, 4.69) is 4.98 Å². The fourth-order valence-electron chi connectivity index (χ4n) is 1.89. The molecule has 1 fully saturated rings. The van der Waals surface area contributed by atoms with Gasteiger partial charge in [-0.05, 0) is 13.0 Å². The highest BCUT2D eigenvalue weighted by molar-refractivity contribution is 5.94. The Labute approximate surface area is 105 Å². The summed E-state index contributed by atoms with van der Waals surface area (Å²) in [5, 5.41) is 0. The average molecular weight is 253 g/mol. The molecule has 2 rings (SSSR count). The lowest BCUT2D eigenvalue weighted by molar-refractivity contribution is -0.0300. The first-order valence-corrected chi connectivity index (χ1v) is 5.85. The van der Waals surface area contributed by atoms with Crippen LogP contribution in [0.4, 0.5) is 4.39 Å². The molecule has 1 aromatic rings. The summed E-state index contributed by atoms with van der Waals surface area (Å²) in [4.78, 5) is 17.4. The van der Waals surface area contributed by atoms with Gasteiger partial charge >= 0.3 is 0 Å². The summed E-state index contributed by atoms with van der Waals surface area (Å²) in [6.45, 7) is 3.19. The van der Waals surface area contributed by atoms with Gasteiger partial charge in [0.2, 0.25) is 0 Å². The number of morpholine rings is 1. The van der Waals surface area contributed by atoms with Crippen molar-refractivity contribution in [3.8, 4) is 0 Å². The van der Waals surface area contributed by atoms with Crippen LogP contribution in [0.25, 0.3) is 0 Å². The summed E-state index contributed by atoms with van der Waals surface area (Å²) in [6.07, 6.45) is 2.26. The Balaban J connectivity index is 2.09. The minimum absolute atomic E-state index is 0.147. The summed E-state index contributed by atoms with van der Waals surface area (Å²) >= 11 is 0. The first kappa shape index (κ1) is 12.9. The van der Waals surface area contributed by atoms with Crippen molar-refractivity contribution >= 4 is 5.91 Å². The van der Waals surface area contributed by atoms with Crippen molar-refractivity contribution in [1.82, 2.24) is 9.88 Å². The Morgan fingerprint density at radius 1 is 1.67 bits per heavy atom. The van der Waals surface area contributed by atoms with E-state index in [1.54, 1.807) is 4.90 Å². The molecule has 1 aliphatic rings. The molecule has 1 amide bonds. The van der Waals surface area contributed by atoms with Gasteiger partial charge in [0.15, 0.2) is 0 Å². The number of nitrogens with two attached hydrogens (primary N) is 1. The minimum atomic E-state index is -0.516. The van der Waals surface area contributed by atoms with E-state index in [-0.39, 0.29) is 23.6 Å². The van der Waals surface area contributed by atoms with Crippen LogP contribution in [0.1, 0.15) is 17.3 Å². The topological polar surface area (TPSA) is 68.5 Å². The van der Waals surface area contributed by atoms with E-state index in [4.69, 9.17) is 10.5 Å². The number of carbonyl (C=O) groups excluding carboxylic acids is 1. The molecule has 1 saturated heterocycles. The van der Waals surface area contributed by atoms with Crippen LogP contribution < -0.4 is 5.73 Å².